The summed E-state index contributed by atoms with van der Waals surface area (Å²) in [5, 5.41) is 11.3. The van der Waals surface area contributed by atoms with Gasteiger partial charge in [-0.25, -0.2) is 14.3 Å². The van der Waals surface area contributed by atoms with Gasteiger partial charge in [0, 0.05) is 11.8 Å². The van der Waals surface area contributed by atoms with E-state index in [9.17, 15) is 24.1 Å². The fraction of sp³-hybridized carbons (Fsp3) is 0.0455. The zero-order valence-corrected chi connectivity index (χ0v) is 17.8. The van der Waals surface area contributed by atoms with Crippen LogP contribution in [0.1, 0.15) is 26.3 Å². The molecule has 5 rings (SSSR count). The molecule has 0 bridgehead atoms. The summed E-state index contributed by atoms with van der Waals surface area (Å²) in [6.07, 6.45) is 0. The molecule has 158 valence electrons. The second-order valence-corrected chi connectivity index (χ2v) is 9.21. The minimum atomic E-state index is -0.720. The fourth-order valence-electron chi connectivity index (χ4n) is 3.52. The zero-order valence-electron chi connectivity index (χ0n) is 16.1. The average molecular weight is 465 g/mol. The van der Waals surface area contributed by atoms with Gasteiger partial charge in [-0.1, -0.05) is 30.0 Å². The number of carbonyl (C=O) groups excluding carboxylic acids is 2. The summed E-state index contributed by atoms with van der Waals surface area (Å²) in [4.78, 5) is 41.9. The Kier molecular flexibility index (Phi) is 4.95. The number of thiazole rings is 1. The van der Waals surface area contributed by atoms with Gasteiger partial charge in [-0.05, 0) is 42.0 Å². The van der Waals surface area contributed by atoms with Crippen molar-refractivity contribution in [3.63, 3.8) is 0 Å². The Balaban J connectivity index is 1.44. The van der Waals surface area contributed by atoms with E-state index in [0.29, 0.717) is 17.0 Å². The summed E-state index contributed by atoms with van der Waals surface area (Å²) in [5.41, 5.74) is 1.28. The van der Waals surface area contributed by atoms with Crippen molar-refractivity contribution in [1.29, 1.82) is 0 Å². The smallest absolute Gasteiger partial charge is 0.268 e. The number of anilines is 1. The molecule has 32 heavy (non-hydrogen) atoms. The van der Waals surface area contributed by atoms with E-state index in [4.69, 9.17) is 0 Å². The lowest BCUT2D eigenvalue weighted by Gasteiger charge is -2.13. The van der Waals surface area contributed by atoms with Crippen molar-refractivity contribution in [3.05, 3.63) is 93.3 Å². The predicted molar refractivity (Wildman–Crippen MR) is 120 cm³/mol. The maximum Gasteiger partial charge on any atom is 0.283 e. The molecule has 0 aliphatic carbocycles. The summed E-state index contributed by atoms with van der Waals surface area (Å²) in [6.45, 7) is 0. The van der Waals surface area contributed by atoms with Crippen molar-refractivity contribution in [2.75, 3.05) is 4.90 Å². The van der Waals surface area contributed by atoms with Crippen LogP contribution in [-0.2, 0) is 5.75 Å². The van der Waals surface area contributed by atoms with Gasteiger partial charge in [0.1, 0.15) is 11.4 Å². The zero-order chi connectivity index (χ0) is 22.4. The molecule has 0 saturated heterocycles. The van der Waals surface area contributed by atoms with Crippen molar-refractivity contribution < 1.29 is 18.9 Å². The van der Waals surface area contributed by atoms with Crippen LogP contribution in [0.3, 0.4) is 0 Å². The minimum absolute atomic E-state index is 0.0138. The first kappa shape index (κ1) is 20.3. The van der Waals surface area contributed by atoms with Gasteiger partial charge < -0.3 is 0 Å². The second kappa shape index (κ2) is 7.81. The molecule has 0 spiro atoms. The second-order valence-electron chi connectivity index (χ2n) is 6.95. The van der Waals surface area contributed by atoms with Crippen molar-refractivity contribution >= 4 is 56.5 Å². The van der Waals surface area contributed by atoms with E-state index in [1.165, 1.54) is 53.4 Å². The highest BCUT2D eigenvalue weighted by molar-refractivity contribution is 8.00. The molecular formula is C22H12FN3O4S2. The largest absolute Gasteiger partial charge is 0.283 e. The molecule has 7 nitrogen and oxygen atoms in total. The monoisotopic (exact) mass is 465 g/mol. The van der Waals surface area contributed by atoms with E-state index in [1.807, 2.05) is 6.07 Å². The number of nitro benzene ring substituents is 1. The Morgan fingerprint density at radius 1 is 1.06 bits per heavy atom. The van der Waals surface area contributed by atoms with E-state index < -0.39 is 22.4 Å². The number of carbonyl (C=O) groups is 2. The Morgan fingerprint density at radius 3 is 2.66 bits per heavy atom. The van der Waals surface area contributed by atoms with Gasteiger partial charge in [-0.15, -0.1) is 11.3 Å². The van der Waals surface area contributed by atoms with Crippen LogP contribution in [-0.4, -0.2) is 21.7 Å². The number of fused-ring (bicyclic) bond motifs is 2. The standard InChI is InChI=1S/C22H12FN3O4S2/c23-13-4-1-3-12(9-13)11-31-22-24-16-8-7-14(10-18(16)32-22)25-20(27)15-5-2-6-17(26(29)30)19(15)21(25)28/h1-10H,11H2. The number of hydrogen-bond acceptors (Lipinski definition) is 7. The van der Waals surface area contributed by atoms with Crippen molar-refractivity contribution in [2.45, 2.75) is 10.1 Å². The maximum absolute atomic E-state index is 13.4. The lowest BCUT2D eigenvalue weighted by Crippen LogP contribution is -2.29. The molecule has 2 amide bonds. The molecular weight excluding hydrogens is 453 g/mol. The summed E-state index contributed by atoms with van der Waals surface area (Å²) >= 11 is 2.85. The lowest BCUT2D eigenvalue weighted by molar-refractivity contribution is -0.385. The number of rotatable bonds is 5. The van der Waals surface area contributed by atoms with Crippen LogP contribution in [0.5, 0.6) is 0 Å². The van der Waals surface area contributed by atoms with Crippen LogP contribution in [0.25, 0.3) is 10.2 Å². The molecule has 0 fully saturated rings. The molecule has 0 atom stereocenters. The third-order valence-electron chi connectivity index (χ3n) is 4.95. The molecule has 1 aliphatic heterocycles. The Labute approximate surface area is 188 Å². The first-order valence-electron chi connectivity index (χ1n) is 9.36. The molecule has 4 aromatic rings. The maximum atomic E-state index is 13.4. The van der Waals surface area contributed by atoms with Crippen molar-refractivity contribution in [3.8, 4) is 0 Å². The number of nitrogens with zero attached hydrogens (tertiary/aromatic N) is 3. The van der Waals surface area contributed by atoms with Crippen LogP contribution in [0.2, 0.25) is 0 Å². The van der Waals surface area contributed by atoms with Crippen molar-refractivity contribution in [1.82, 2.24) is 4.98 Å². The first-order valence-corrected chi connectivity index (χ1v) is 11.2. The topological polar surface area (TPSA) is 93.4 Å². The van der Waals surface area contributed by atoms with E-state index in [1.54, 1.807) is 24.3 Å². The summed E-state index contributed by atoms with van der Waals surface area (Å²) in [5.74, 6) is -1.06. The van der Waals surface area contributed by atoms with E-state index in [2.05, 4.69) is 4.98 Å². The number of hydrogen-bond donors (Lipinski definition) is 0. The van der Waals surface area contributed by atoms with E-state index in [0.717, 1.165) is 19.5 Å². The Bertz CT molecular complexity index is 1440. The minimum Gasteiger partial charge on any atom is -0.268 e. The van der Waals surface area contributed by atoms with Gasteiger partial charge in [0.25, 0.3) is 17.5 Å². The van der Waals surface area contributed by atoms with Crippen molar-refractivity contribution in [2.24, 2.45) is 0 Å². The summed E-state index contributed by atoms with van der Waals surface area (Å²) in [6, 6.07) is 15.3. The molecule has 2 heterocycles. The molecule has 1 aliphatic rings. The van der Waals surface area contributed by atoms with E-state index in [-0.39, 0.29) is 16.9 Å². The molecule has 10 heteroatoms. The number of nitro groups is 1. The quantitative estimate of drug-likeness (QED) is 0.169. The third kappa shape index (κ3) is 3.43. The molecule has 1 aromatic heterocycles. The predicted octanol–water partition coefficient (Wildman–Crippen LogP) is 5.44. The van der Waals surface area contributed by atoms with Gasteiger partial charge in [0.15, 0.2) is 4.34 Å². The van der Waals surface area contributed by atoms with Gasteiger partial charge in [-0.3, -0.25) is 19.7 Å². The molecule has 0 radical (unpaired) electrons. The van der Waals surface area contributed by atoms with Gasteiger partial charge in [0.2, 0.25) is 0 Å². The van der Waals surface area contributed by atoms with Crippen LogP contribution < -0.4 is 4.90 Å². The van der Waals surface area contributed by atoms with Crippen LogP contribution in [0.15, 0.2) is 65.0 Å². The average Bonchev–Trinajstić information content (AvgIpc) is 3.30. The molecule has 0 N–H and O–H groups in total. The number of amides is 2. The van der Waals surface area contributed by atoms with Gasteiger partial charge >= 0.3 is 0 Å². The van der Waals surface area contributed by atoms with Gasteiger partial charge in [0.05, 0.1) is 26.4 Å². The highest BCUT2D eigenvalue weighted by Gasteiger charge is 2.41. The third-order valence-corrected chi connectivity index (χ3v) is 7.18. The highest BCUT2D eigenvalue weighted by Crippen LogP contribution is 2.37. The van der Waals surface area contributed by atoms with Gasteiger partial charge in [-0.2, -0.15) is 0 Å². The molecule has 3 aromatic carbocycles. The highest BCUT2D eigenvalue weighted by atomic mass is 32.2. The Hall–Kier alpha value is -3.63. The SMILES string of the molecule is O=C1c2cccc([N+](=O)[O-])c2C(=O)N1c1ccc2nc(SCc3cccc(F)c3)sc2c1. The lowest BCUT2D eigenvalue weighted by atomic mass is 10.1. The number of aromatic nitrogens is 1. The first-order chi connectivity index (χ1) is 15.4. The Morgan fingerprint density at radius 2 is 1.88 bits per heavy atom. The number of halogens is 1. The molecule has 0 saturated carbocycles. The van der Waals surface area contributed by atoms with E-state index >= 15 is 0 Å². The normalized spacial score (nSPS) is 13.1. The number of thioether (sulfide) groups is 1. The van der Waals surface area contributed by atoms with Crippen LogP contribution in [0, 0.1) is 15.9 Å². The van der Waals surface area contributed by atoms with Crippen LogP contribution in [0.4, 0.5) is 15.8 Å². The molecule has 0 unspecified atom stereocenters. The fourth-order valence-corrected chi connectivity index (χ4v) is 5.56. The number of benzene rings is 3. The number of imide groups is 1. The van der Waals surface area contributed by atoms with Crippen LogP contribution >= 0.6 is 23.1 Å². The summed E-state index contributed by atoms with van der Waals surface area (Å²) in [7, 11) is 0. The summed E-state index contributed by atoms with van der Waals surface area (Å²) < 4.78 is 14.9.